The predicted octanol–water partition coefficient (Wildman–Crippen LogP) is 7.47. The molecule has 1 aliphatic rings. The molecule has 0 aromatic heterocycles. The van der Waals surface area contributed by atoms with Gasteiger partial charge in [-0.3, -0.25) is 4.79 Å². The number of aliphatic carboxylic acids is 1. The first-order chi connectivity index (χ1) is 17.6. The Bertz CT molecular complexity index is 1240. The zero-order valence-electron chi connectivity index (χ0n) is 21.9. The summed E-state index contributed by atoms with van der Waals surface area (Å²) in [5.41, 5.74) is 2.94. The van der Waals surface area contributed by atoms with E-state index in [9.17, 15) is 14.3 Å². The number of carbonyl (C=O) groups is 1. The average molecular weight is 507 g/mol. The van der Waals surface area contributed by atoms with Crippen molar-refractivity contribution in [2.45, 2.75) is 52.6 Å². The number of methoxy groups -OCH3 is 1. The second kappa shape index (κ2) is 11.2. The minimum atomic E-state index is -0.770. The van der Waals surface area contributed by atoms with E-state index in [-0.39, 0.29) is 23.6 Å². The molecule has 1 atom stereocenters. The van der Waals surface area contributed by atoms with Gasteiger partial charge in [-0.05, 0) is 71.6 Å². The van der Waals surface area contributed by atoms with Crippen molar-refractivity contribution in [3.63, 3.8) is 0 Å². The van der Waals surface area contributed by atoms with Crippen molar-refractivity contribution in [2.24, 2.45) is 11.3 Å². The fraction of sp³-hybridized carbons (Fsp3) is 0.387. The lowest BCUT2D eigenvalue weighted by Crippen LogP contribution is -2.17. The van der Waals surface area contributed by atoms with Crippen LogP contribution in [0.15, 0.2) is 60.7 Å². The molecule has 0 heterocycles. The van der Waals surface area contributed by atoms with Crippen LogP contribution in [0.2, 0.25) is 0 Å². The lowest BCUT2D eigenvalue weighted by Gasteiger charge is -2.21. The minimum Gasteiger partial charge on any atom is -0.497 e. The summed E-state index contributed by atoms with van der Waals surface area (Å²) in [6.07, 6.45) is 2.30. The molecule has 1 unspecified atom stereocenters. The predicted molar refractivity (Wildman–Crippen MR) is 142 cm³/mol. The van der Waals surface area contributed by atoms with E-state index >= 15 is 0 Å². The van der Waals surface area contributed by atoms with Gasteiger partial charge in [0.1, 0.15) is 29.7 Å². The van der Waals surface area contributed by atoms with E-state index in [4.69, 9.17) is 14.2 Å². The molecule has 0 radical (unpaired) electrons. The van der Waals surface area contributed by atoms with Gasteiger partial charge < -0.3 is 19.3 Å². The van der Waals surface area contributed by atoms with E-state index in [0.29, 0.717) is 47.5 Å². The van der Waals surface area contributed by atoms with Gasteiger partial charge in [0, 0.05) is 17.2 Å². The van der Waals surface area contributed by atoms with Crippen LogP contribution in [0.3, 0.4) is 0 Å². The van der Waals surface area contributed by atoms with E-state index < -0.39 is 5.97 Å². The molecule has 1 fully saturated rings. The third-order valence-corrected chi connectivity index (χ3v) is 6.45. The Morgan fingerprint density at radius 1 is 1.00 bits per heavy atom. The Kier molecular flexibility index (Phi) is 8.06. The largest absolute Gasteiger partial charge is 0.497 e. The summed E-state index contributed by atoms with van der Waals surface area (Å²) in [6, 6.07) is 18.0. The van der Waals surface area contributed by atoms with Crippen LogP contribution in [0, 0.1) is 17.2 Å². The molecule has 37 heavy (non-hydrogen) atoms. The molecule has 0 aliphatic heterocycles. The molecule has 6 heteroatoms. The normalized spacial score (nSPS) is 14.2. The van der Waals surface area contributed by atoms with Gasteiger partial charge in [-0.2, -0.15) is 0 Å². The van der Waals surface area contributed by atoms with E-state index in [1.807, 2.05) is 24.3 Å². The molecule has 0 saturated heterocycles. The first-order valence-corrected chi connectivity index (χ1v) is 12.7. The van der Waals surface area contributed by atoms with Gasteiger partial charge in [0.05, 0.1) is 20.1 Å². The molecule has 0 spiro atoms. The van der Waals surface area contributed by atoms with Crippen molar-refractivity contribution in [2.75, 3.05) is 13.7 Å². The molecule has 1 saturated carbocycles. The van der Waals surface area contributed by atoms with Crippen LogP contribution in [-0.2, 0) is 11.4 Å². The van der Waals surface area contributed by atoms with Crippen molar-refractivity contribution in [1.82, 2.24) is 0 Å². The highest BCUT2D eigenvalue weighted by Gasteiger charge is 2.33. The second-order valence-corrected chi connectivity index (χ2v) is 10.9. The highest BCUT2D eigenvalue weighted by Crippen LogP contribution is 2.44. The van der Waals surface area contributed by atoms with Crippen LogP contribution < -0.4 is 14.2 Å². The standard InChI is InChI=1S/C31H35FO5/c1-31(2,3)19-37-29-16-24(10-12-25(29)27-15-23(35-4)11-13-28(27)32)36-18-20-6-5-7-22(14-20)26(17-30(33)34)21-8-9-21/h5-7,10-16,21,26H,8-9,17-19H2,1-4H3,(H,33,34). The van der Waals surface area contributed by atoms with Gasteiger partial charge >= 0.3 is 5.97 Å². The number of carboxylic acids is 1. The van der Waals surface area contributed by atoms with Crippen molar-refractivity contribution in [3.8, 4) is 28.4 Å². The van der Waals surface area contributed by atoms with Crippen LogP contribution in [0.25, 0.3) is 11.1 Å². The quantitative estimate of drug-likeness (QED) is 0.292. The summed E-state index contributed by atoms with van der Waals surface area (Å²) in [6.45, 7) is 7.00. The summed E-state index contributed by atoms with van der Waals surface area (Å²) < 4.78 is 32.3. The number of hydrogen-bond acceptors (Lipinski definition) is 4. The molecule has 0 amide bonds. The molecular formula is C31H35FO5. The van der Waals surface area contributed by atoms with Gasteiger partial charge in [0.25, 0.3) is 0 Å². The van der Waals surface area contributed by atoms with Crippen LogP contribution in [0.4, 0.5) is 4.39 Å². The zero-order chi connectivity index (χ0) is 26.6. The maximum Gasteiger partial charge on any atom is 0.303 e. The summed E-state index contributed by atoms with van der Waals surface area (Å²) >= 11 is 0. The van der Waals surface area contributed by atoms with Crippen molar-refractivity contribution < 1.29 is 28.5 Å². The highest BCUT2D eigenvalue weighted by atomic mass is 19.1. The number of carboxylic acid groups (broad SMARTS) is 1. The Balaban J connectivity index is 1.56. The number of rotatable bonds is 11. The molecule has 5 nitrogen and oxygen atoms in total. The molecule has 4 rings (SSSR count). The monoisotopic (exact) mass is 506 g/mol. The molecule has 3 aromatic rings. The summed E-state index contributed by atoms with van der Waals surface area (Å²) in [4.78, 5) is 11.4. The van der Waals surface area contributed by atoms with Crippen molar-refractivity contribution >= 4 is 5.97 Å². The van der Waals surface area contributed by atoms with Gasteiger partial charge in [-0.1, -0.05) is 45.0 Å². The van der Waals surface area contributed by atoms with E-state index in [2.05, 4.69) is 20.8 Å². The Morgan fingerprint density at radius 2 is 1.76 bits per heavy atom. The Morgan fingerprint density at radius 3 is 2.43 bits per heavy atom. The smallest absolute Gasteiger partial charge is 0.303 e. The van der Waals surface area contributed by atoms with E-state index in [1.165, 1.54) is 6.07 Å². The Hall–Kier alpha value is -3.54. The summed E-state index contributed by atoms with van der Waals surface area (Å²) in [5.74, 6) is 1.04. The van der Waals surface area contributed by atoms with Crippen LogP contribution >= 0.6 is 0 Å². The first-order valence-electron chi connectivity index (χ1n) is 12.7. The van der Waals surface area contributed by atoms with Gasteiger partial charge in [-0.15, -0.1) is 0 Å². The molecular weight excluding hydrogens is 471 g/mol. The summed E-state index contributed by atoms with van der Waals surface area (Å²) in [5, 5.41) is 9.35. The maximum atomic E-state index is 14.8. The molecule has 1 N–H and O–H groups in total. The van der Waals surface area contributed by atoms with E-state index in [0.717, 1.165) is 24.0 Å². The molecule has 1 aliphatic carbocycles. The fourth-order valence-electron chi connectivity index (χ4n) is 4.39. The number of ether oxygens (including phenoxy) is 3. The van der Waals surface area contributed by atoms with Crippen molar-refractivity contribution in [1.29, 1.82) is 0 Å². The Labute approximate surface area is 218 Å². The zero-order valence-corrected chi connectivity index (χ0v) is 21.9. The number of halogens is 1. The number of hydrogen-bond donors (Lipinski definition) is 1. The lowest BCUT2D eigenvalue weighted by molar-refractivity contribution is -0.137. The van der Waals surface area contributed by atoms with Crippen LogP contribution in [0.1, 0.15) is 57.1 Å². The van der Waals surface area contributed by atoms with Gasteiger partial charge in [0.2, 0.25) is 0 Å². The molecule has 3 aromatic carbocycles. The number of benzene rings is 3. The topological polar surface area (TPSA) is 65.0 Å². The van der Waals surface area contributed by atoms with E-state index in [1.54, 1.807) is 37.4 Å². The first kappa shape index (κ1) is 26.5. The SMILES string of the molecule is COc1ccc(F)c(-c2ccc(OCc3cccc(C(CC(=O)O)C4CC4)c3)cc2OCC(C)(C)C)c1. The van der Waals surface area contributed by atoms with Gasteiger partial charge in [-0.25, -0.2) is 4.39 Å². The minimum absolute atomic E-state index is 0.0342. The molecule has 196 valence electrons. The van der Waals surface area contributed by atoms with Crippen LogP contribution in [0.5, 0.6) is 17.2 Å². The summed E-state index contributed by atoms with van der Waals surface area (Å²) in [7, 11) is 1.55. The third-order valence-electron chi connectivity index (χ3n) is 6.45. The lowest BCUT2D eigenvalue weighted by atomic mass is 9.90. The average Bonchev–Trinajstić information content (AvgIpc) is 3.70. The maximum absolute atomic E-state index is 14.8. The molecule has 0 bridgehead atoms. The van der Waals surface area contributed by atoms with Crippen molar-refractivity contribution in [3.05, 3.63) is 77.6 Å². The van der Waals surface area contributed by atoms with Crippen LogP contribution in [-0.4, -0.2) is 24.8 Å². The fourth-order valence-corrected chi connectivity index (χ4v) is 4.39. The van der Waals surface area contributed by atoms with Gasteiger partial charge in [0.15, 0.2) is 0 Å². The second-order valence-electron chi connectivity index (χ2n) is 10.9. The third kappa shape index (κ3) is 7.25. The highest BCUT2D eigenvalue weighted by molar-refractivity contribution is 5.73.